The Balaban J connectivity index is 1.46. The second-order valence-corrected chi connectivity index (χ2v) is 11.0. The van der Waals surface area contributed by atoms with Crippen LogP contribution in [-0.2, 0) is 11.4 Å². The Hall–Kier alpha value is -3.49. The average molecular weight is 584 g/mol. The van der Waals surface area contributed by atoms with Gasteiger partial charge in [-0.1, -0.05) is 49.7 Å². The van der Waals surface area contributed by atoms with E-state index in [-0.39, 0.29) is 46.7 Å². The minimum Gasteiger partial charge on any atom is -0.491 e. The molecule has 0 atom stereocenters. The smallest absolute Gasteiger partial charge is 0.293 e. The molecule has 1 aliphatic heterocycles. The number of amides is 2. The van der Waals surface area contributed by atoms with Crippen LogP contribution in [0.15, 0.2) is 59.5 Å². The van der Waals surface area contributed by atoms with E-state index in [1.165, 1.54) is 17.0 Å². The zero-order valence-electron chi connectivity index (χ0n) is 22.8. The first-order chi connectivity index (χ1) is 19.2. The highest BCUT2D eigenvalue weighted by Gasteiger charge is 2.35. The number of carbonyl (C=O) groups excluding carboxylic acids is 2. The van der Waals surface area contributed by atoms with Gasteiger partial charge < -0.3 is 14.2 Å². The summed E-state index contributed by atoms with van der Waals surface area (Å²) in [6, 6.07) is 15.4. The van der Waals surface area contributed by atoms with Gasteiger partial charge in [0.05, 0.1) is 23.1 Å². The third kappa shape index (κ3) is 7.17. The normalized spacial score (nSPS) is 14.4. The molecule has 0 unspecified atom stereocenters. The Labute approximate surface area is 243 Å². The molecule has 6 nitrogen and oxygen atoms in total. The minimum atomic E-state index is -0.391. The van der Waals surface area contributed by atoms with E-state index in [2.05, 4.69) is 13.8 Å². The van der Waals surface area contributed by atoms with Gasteiger partial charge in [-0.15, -0.1) is 0 Å². The Bertz CT molecular complexity index is 1420. The number of thioether (sulfide) groups is 1. The largest absolute Gasteiger partial charge is 0.491 e. The maximum atomic E-state index is 13.2. The molecule has 0 N–H and O–H groups in total. The molecule has 1 aliphatic rings. The van der Waals surface area contributed by atoms with E-state index >= 15 is 0 Å². The molecule has 40 heavy (non-hydrogen) atoms. The lowest BCUT2D eigenvalue weighted by Crippen LogP contribution is -2.32. The van der Waals surface area contributed by atoms with Crippen molar-refractivity contribution in [3.63, 3.8) is 0 Å². The molecular weight excluding hydrogens is 553 g/mol. The Kier molecular flexibility index (Phi) is 9.76. The first kappa shape index (κ1) is 29.5. The van der Waals surface area contributed by atoms with Crippen LogP contribution in [0.2, 0.25) is 5.02 Å². The van der Waals surface area contributed by atoms with Crippen LogP contribution < -0.4 is 14.2 Å². The zero-order chi connectivity index (χ0) is 28.8. The van der Waals surface area contributed by atoms with Gasteiger partial charge in [0, 0.05) is 0 Å². The SMILES string of the molecule is CCOc1cc(/C=C2\SC(=O)N(CCOc3cc(C)ccc3C(C)C)C2=O)cc(Cl)c1OCc1ccc(F)cc1. The van der Waals surface area contributed by atoms with Gasteiger partial charge in [0.15, 0.2) is 11.5 Å². The second kappa shape index (κ2) is 13.2. The molecule has 210 valence electrons. The molecule has 0 bridgehead atoms. The number of ether oxygens (including phenoxy) is 3. The van der Waals surface area contributed by atoms with Gasteiger partial charge in [-0.2, -0.15) is 0 Å². The van der Waals surface area contributed by atoms with Crippen LogP contribution in [0.25, 0.3) is 6.08 Å². The summed E-state index contributed by atoms with van der Waals surface area (Å²) in [7, 11) is 0. The summed E-state index contributed by atoms with van der Waals surface area (Å²) in [4.78, 5) is 27.2. The number of halogens is 2. The number of hydrogen-bond donors (Lipinski definition) is 0. The van der Waals surface area contributed by atoms with E-state index in [1.807, 2.05) is 32.0 Å². The molecule has 1 fully saturated rings. The predicted octanol–water partition coefficient (Wildman–Crippen LogP) is 8.00. The summed E-state index contributed by atoms with van der Waals surface area (Å²) in [6.45, 7) is 8.86. The van der Waals surface area contributed by atoms with Gasteiger partial charge in [0.1, 0.15) is 24.8 Å². The predicted molar refractivity (Wildman–Crippen MR) is 157 cm³/mol. The van der Waals surface area contributed by atoms with E-state index in [0.717, 1.165) is 34.2 Å². The van der Waals surface area contributed by atoms with Gasteiger partial charge in [0.25, 0.3) is 11.1 Å². The molecule has 2 amide bonds. The molecule has 3 aromatic rings. The van der Waals surface area contributed by atoms with Crippen molar-refractivity contribution < 1.29 is 28.2 Å². The van der Waals surface area contributed by atoms with Crippen LogP contribution in [0, 0.1) is 12.7 Å². The molecule has 0 aromatic heterocycles. The van der Waals surface area contributed by atoms with Crippen molar-refractivity contribution in [2.75, 3.05) is 19.8 Å². The molecule has 9 heteroatoms. The van der Waals surface area contributed by atoms with Crippen molar-refractivity contribution in [1.29, 1.82) is 0 Å². The summed E-state index contributed by atoms with van der Waals surface area (Å²) in [6.07, 6.45) is 1.61. The van der Waals surface area contributed by atoms with E-state index in [9.17, 15) is 14.0 Å². The maximum absolute atomic E-state index is 13.2. The van der Waals surface area contributed by atoms with Crippen molar-refractivity contribution in [2.24, 2.45) is 0 Å². The Morgan fingerprint density at radius 3 is 2.45 bits per heavy atom. The molecule has 4 rings (SSSR count). The van der Waals surface area contributed by atoms with E-state index < -0.39 is 5.91 Å². The van der Waals surface area contributed by atoms with Gasteiger partial charge in [0.2, 0.25) is 0 Å². The number of carbonyl (C=O) groups is 2. The van der Waals surface area contributed by atoms with Crippen molar-refractivity contribution in [2.45, 2.75) is 40.2 Å². The van der Waals surface area contributed by atoms with Crippen LogP contribution >= 0.6 is 23.4 Å². The highest BCUT2D eigenvalue weighted by atomic mass is 35.5. The molecule has 0 aliphatic carbocycles. The lowest BCUT2D eigenvalue weighted by molar-refractivity contribution is -0.123. The van der Waals surface area contributed by atoms with Crippen molar-refractivity contribution in [3.05, 3.63) is 92.6 Å². The monoisotopic (exact) mass is 583 g/mol. The number of rotatable bonds is 11. The number of imide groups is 1. The summed E-state index contributed by atoms with van der Waals surface area (Å²) in [5, 5.41) is -0.0744. The summed E-state index contributed by atoms with van der Waals surface area (Å²) in [5.74, 6) is 1.06. The minimum absolute atomic E-state index is 0.134. The fraction of sp³-hybridized carbons (Fsp3) is 0.290. The number of benzene rings is 3. The van der Waals surface area contributed by atoms with Crippen molar-refractivity contribution in [3.8, 4) is 17.2 Å². The first-order valence-corrected chi connectivity index (χ1v) is 14.2. The van der Waals surface area contributed by atoms with Crippen LogP contribution in [-0.4, -0.2) is 35.8 Å². The average Bonchev–Trinajstić information content (AvgIpc) is 3.16. The number of nitrogens with zero attached hydrogens (tertiary/aromatic N) is 1. The van der Waals surface area contributed by atoms with Gasteiger partial charge in [-0.25, -0.2) is 4.39 Å². The summed E-state index contributed by atoms with van der Waals surface area (Å²) in [5.41, 5.74) is 3.51. The van der Waals surface area contributed by atoms with Crippen molar-refractivity contribution in [1.82, 2.24) is 4.90 Å². The van der Waals surface area contributed by atoms with Crippen LogP contribution in [0.3, 0.4) is 0 Å². The van der Waals surface area contributed by atoms with E-state index in [0.29, 0.717) is 23.7 Å². The zero-order valence-corrected chi connectivity index (χ0v) is 24.4. The third-order valence-electron chi connectivity index (χ3n) is 6.16. The first-order valence-electron chi connectivity index (χ1n) is 13.0. The maximum Gasteiger partial charge on any atom is 0.293 e. The number of aryl methyl sites for hydroxylation is 1. The highest BCUT2D eigenvalue weighted by Crippen LogP contribution is 2.39. The second-order valence-electron chi connectivity index (χ2n) is 9.56. The summed E-state index contributed by atoms with van der Waals surface area (Å²) < 4.78 is 30.8. The van der Waals surface area contributed by atoms with E-state index in [1.54, 1.807) is 30.3 Å². The Morgan fingerprint density at radius 2 is 1.75 bits per heavy atom. The molecule has 0 saturated carbocycles. The third-order valence-corrected chi connectivity index (χ3v) is 7.35. The quantitative estimate of drug-likeness (QED) is 0.213. The molecule has 1 saturated heterocycles. The van der Waals surface area contributed by atoms with Crippen LogP contribution in [0.5, 0.6) is 17.2 Å². The molecule has 0 spiro atoms. The van der Waals surface area contributed by atoms with Crippen LogP contribution in [0.1, 0.15) is 48.9 Å². The fourth-order valence-corrected chi connectivity index (χ4v) is 5.28. The molecule has 1 heterocycles. The van der Waals surface area contributed by atoms with Gasteiger partial charge >= 0.3 is 0 Å². The Morgan fingerprint density at radius 1 is 1.00 bits per heavy atom. The van der Waals surface area contributed by atoms with Crippen LogP contribution in [0.4, 0.5) is 9.18 Å². The number of hydrogen-bond acceptors (Lipinski definition) is 6. The summed E-state index contributed by atoms with van der Waals surface area (Å²) >= 11 is 7.40. The molecular formula is C31H31ClFNO5S. The fourth-order valence-electron chi connectivity index (χ4n) is 4.15. The van der Waals surface area contributed by atoms with Gasteiger partial charge in [-0.05, 0) is 90.2 Å². The topological polar surface area (TPSA) is 65.1 Å². The highest BCUT2D eigenvalue weighted by molar-refractivity contribution is 8.18. The van der Waals surface area contributed by atoms with Crippen molar-refractivity contribution >= 4 is 40.6 Å². The molecule has 3 aromatic carbocycles. The lowest BCUT2D eigenvalue weighted by atomic mass is 10.0. The van der Waals surface area contributed by atoms with E-state index in [4.69, 9.17) is 25.8 Å². The standard InChI is InChI=1S/C31H31ClFNO5S/c1-5-37-27-16-22(15-25(32)29(27)39-18-21-7-9-23(33)10-8-21)17-28-30(35)34(31(36)40-28)12-13-38-26-14-20(4)6-11-24(26)19(2)3/h6-11,14-17,19H,5,12-13,18H2,1-4H3/b28-17-. The molecule has 0 radical (unpaired) electrons. The lowest BCUT2D eigenvalue weighted by Gasteiger charge is -2.17. The van der Waals surface area contributed by atoms with Gasteiger partial charge in [-0.3, -0.25) is 14.5 Å².